The second kappa shape index (κ2) is 11.3. The molecule has 3 rings (SSSR count). The SMILES string of the molecule is CCOc1cccc(CNCCc2ccc(S(N)(=O)=O)cc2)c1OCc1ccccc1Cl. The Balaban J connectivity index is 1.62. The first-order valence-corrected chi connectivity index (χ1v) is 12.2. The lowest BCUT2D eigenvalue weighted by Crippen LogP contribution is -2.18. The molecule has 0 unspecified atom stereocenters. The predicted molar refractivity (Wildman–Crippen MR) is 127 cm³/mol. The van der Waals surface area contributed by atoms with Crippen molar-refractivity contribution in [1.82, 2.24) is 5.32 Å². The molecular formula is C24H27ClN2O4S. The summed E-state index contributed by atoms with van der Waals surface area (Å²) in [7, 11) is -3.67. The van der Waals surface area contributed by atoms with E-state index in [1.807, 2.05) is 49.4 Å². The maximum Gasteiger partial charge on any atom is 0.238 e. The molecule has 0 aliphatic rings. The fraction of sp³-hybridized carbons (Fsp3) is 0.250. The van der Waals surface area contributed by atoms with Gasteiger partial charge < -0.3 is 14.8 Å². The summed E-state index contributed by atoms with van der Waals surface area (Å²) in [6.07, 6.45) is 0.742. The highest BCUT2D eigenvalue weighted by Gasteiger charge is 2.12. The zero-order chi connectivity index (χ0) is 23.0. The van der Waals surface area contributed by atoms with Crippen LogP contribution < -0.4 is 19.9 Å². The quantitative estimate of drug-likeness (QED) is 0.404. The van der Waals surface area contributed by atoms with Crippen LogP contribution in [0, 0.1) is 0 Å². The molecule has 6 nitrogen and oxygen atoms in total. The number of benzene rings is 3. The van der Waals surface area contributed by atoms with E-state index >= 15 is 0 Å². The Morgan fingerprint density at radius 2 is 1.66 bits per heavy atom. The Morgan fingerprint density at radius 3 is 2.34 bits per heavy atom. The predicted octanol–water partition coefficient (Wildman–Crippen LogP) is 4.30. The molecule has 3 aromatic carbocycles. The van der Waals surface area contributed by atoms with Crippen molar-refractivity contribution in [3.63, 3.8) is 0 Å². The van der Waals surface area contributed by atoms with Crippen LogP contribution >= 0.6 is 11.6 Å². The maximum atomic E-state index is 11.4. The molecule has 0 atom stereocenters. The molecule has 0 saturated carbocycles. The average Bonchev–Trinajstić information content (AvgIpc) is 2.77. The Bertz CT molecular complexity index is 1130. The van der Waals surface area contributed by atoms with Crippen LogP contribution in [-0.4, -0.2) is 21.6 Å². The van der Waals surface area contributed by atoms with Gasteiger partial charge in [-0.2, -0.15) is 0 Å². The molecule has 0 spiro atoms. The second-order valence-electron chi connectivity index (χ2n) is 7.17. The van der Waals surface area contributed by atoms with Crippen LogP contribution in [0.25, 0.3) is 0 Å². The first kappa shape index (κ1) is 24.1. The summed E-state index contributed by atoms with van der Waals surface area (Å²) >= 11 is 6.26. The molecule has 0 radical (unpaired) electrons. The fourth-order valence-corrected chi connectivity index (χ4v) is 3.91. The van der Waals surface area contributed by atoms with Crippen molar-refractivity contribution in [2.45, 2.75) is 31.4 Å². The van der Waals surface area contributed by atoms with Crippen LogP contribution in [0.15, 0.2) is 71.6 Å². The Hall–Kier alpha value is -2.58. The van der Waals surface area contributed by atoms with Crippen molar-refractivity contribution < 1.29 is 17.9 Å². The average molecular weight is 475 g/mol. The zero-order valence-corrected chi connectivity index (χ0v) is 19.5. The molecule has 0 saturated heterocycles. The van der Waals surface area contributed by atoms with Gasteiger partial charge in [0.2, 0.25) is 10.0 Å². The summed E-state index contributed by atoms with van der Waals surface area (Å²) < 4.78 is 34.6. The number of nitrogens with two attached hydrogens (primary N) is 1. The third-order valence-corrected chi connectivity index (χ3v) is 6.15. The monoisotopic (exact) mass is 474 g/mol. The van der Waals surface area contributed by atoms with Crippen LogP contribution in [0.1, 0.15) is 23.6 Å². The molecule has 8 heteroatoms. The van der Waals surface area contributed by atoms with E-state index in [1.165, 1.54) is 12.1 Å². The van der Waals surface area contributed by atoms with Gasteiger partial charge >= 0.3 is 0 Å². The molecular weight excluding hydrogens is 448 g/mol. The Morgan fingerprint density at radius 1 is 0.938 bits per heavy atom. The highest BCUT2D eigenvalue weighted by molar-refractivity contribution is 7.89. The van der Waals surface area contributed by atoms with Gasteiger partial charge in [0.1, 0.15) is 6.61 Å². The van der Waals surface area contributed by atoms with Gasteiger partial charge in [-0.1, -0.05) is 54.1 Å². The van der Waals surface area contributed by atoms with Crippen molar-refractivity contribution in [2.75, 3.05) is 13.2 Å². The van der Waals surface area contributed by atoms with Gasteiger partial charge in [0, 0.05) is 22.7 Å². The Labute approximate surface area is 194 Å². The molecule has 0 heterocycles. The van der Waals surface area contributed by atoms with E-state index in [4.69, 9.17) is 26.2 Å². The minimum absolute atomic E-state index is 0.113. The molecule has 0 fully saturated rings. The van der Waals surface area contributed by atoms with Crippen molar-refractivity contribution >= 4 is 21.6 Å². The van der Waals surface area contributed by atoms with Gasteiger partial charge in [0.05, 0.1) is 11.5 Å². The third-order valence-electron chi connectivity index (χ3n) is 4.85. The maximum absolute atomic E-state index is 11.4. The van der Waals surface area contributed by atoms with Gasteiger partial charge in [0.15, 0.2) is 11.5 Å². The lowest BCUT2D eigenvalue weighted by Gasteiger charge is -2.17. The number of nitrogens with one attached hydrogen (secondary N) is 1. The van der Waals surface area contributed by atoms with E-state index in [0.29, 0.717) is 42.8 Å². The van der Waals surface area contributed by atoms with Gasteiger partial charge in [-0.15, -0.1) is 0 Å². The number of halogens is 1. The first-order chi connectivity index (χ1) is 15.4. The molecule has 3 aromatic rings. The van der Waals surface area contributed by atoms with Gasteiger partial charge in [-0.25, -0.2) is 13.6 Å². The topological polar surface area (TPSA) is 90.6 Å². The van der Waals surface area contributed by atoms with Crippen molar-refractivity contribution in [2.24, 2.45) is 5.14 Å². The lowest BCUT2D eigenvalue weighted by atomic mass is 10.1. The summed E-state index contributed by atoms with van der Waals surface area (Å²) in [5.74, 6) is 1.39. The minimum Gasteiger partial charge on any atom is -0.490 e. The summed E-state index contributed by atoms with van der Waals surface area (Å²) in [6.45, 7) is 4.11. The highest BCUT2D eigenvalue weighted by Crippen LogP contribution is 2.32. The number of primary sulfonamides is 1. The van der Waals surface area contributed by atoms with E-state index < -0.39 is 10.0 Å². The largest absolute Gasteiger partial charge is 0.490 e. The Kier molecular flexibility index (Phi) is 8.53. The number of ether oxygens (including phenoxy) is 2. The van der Waals surface area contributed by atoms with Gasteiger partial charge in [0.25, 0.3) is 0 Å². The van der Waals surface area contributed by atoms with E-state index in [0.717, 1.165) is 23.1 Å². The first-order valence-electron chi connectivity index (χ1n) is 10.3. The normalized spacial score (nSPS) is 11.3. The van der Waals surface area contributed by atoms with Crippen LogP contribution in [0.3, 0.4) is 0 Å². The van der Waals surface area contributed by atoms with Crippen molar-refractivity contribution in [3.05, 3.63) is 88.4 Å². The van der Waals surface area contributed by atoms with Crippen LogP contribution in [0.5, 0.6) is 11.5 Å². The molecule has 0 bridgehead atoms. The zero-order valence-electron chi connectivity index (χ0n) is 17.9. The molecule has 3 N–H and O–H groups in total. The summed E-state index contributed by atoms with van der Waals surface area (Å²) in [4.78, 5) is 0.113. The van der Waals surface area contributed by atoms with Crippen molar-refractivity contribution in [1.29, 1.82) is 0 Å². The van der Waals surface area contributed by atoms with Gasteiger partial charge in [-0.05, 0) is 49.7 Å². The third kappa shape index (κ3) is 6.71. The number of para-hydroxylation sites is 1. The fourth-order valence-electron chi connectivity index (χ4n) is 3.20. The smallest absolute Gasteiger partial charge is 0.238 e. The van der Waals surface area contributed by atoms with E-state index in [-0.39, 0.29) is 4.90 Å². The van der Waals surface area contributed by atoms with E-state index in [2.05, 4.69) is 5.32 Å². The molecule has 170 valence electrons. The van der Waals surface area contributed by atoms with Crippen molar-refractivity contribution in [3.8, 4) is 11.5 Å². The van der Waals surface area contributed by atoms with Crippen LogP contribution in [0.2, 0.25) is 5.02 Å². The minimum atomic E-state index is -3.67. The molecule has 32 heavy (non-hydrogen) atoms. The standard InChI is InChI=1S/C24H27ClN2O4S/c1-2-30-23-9-5-7-19(24(23)31-17-20-6-3-4-8-22(20)25)16-27-15-14-18-10-12-21(13-11-18)32(26,28)29/h3-13,27H,2,14-17H2,1H3,(H2,26,28,29). The highest BCUT2D eigenvalue weighted by atomic mass is 35.5. The van der Waals surface area contributed by atoms with E-state index in [1.54, 1.807) is 12.1 Å². The summed E-state index contributed by atoms with van der Waals surface area (Å²) in [5, 5.41) is 9.21. The summed E-state index contributed by atoms with van der Waals surface area (Å²) in [6, 6.07) is 20.0. The molecule has 0 aliphatic heterocycles. The number of hydrogen-bond donors (Lipinski definition) is 2. The summed E-state index contributed by atoms with van der Waals surface area (Å²) in [5.41, 5.74) is 2.90. The second-order valence-corrected chi connectivity index (χ2v) is 9.14. The molecule has 0 aromatic heterocycles. The van der Waals surface area contributed by atoms with Crippen LogP contribution in [-0.2, 0) is 29.6 Å². The number of sulfonamides is 1. The van der Waals surface area contributed by atoms with Gasteiger partial charge in [-0.3, -0.25) is 0 Å². The van der Waals surface area contributed by atoms with Crippen LogP contribution in [0.4, 0.5) is 0 Å². The number of hydrogen-bond acceptors (Lipinski definition) is 5. The van der Waals surface area contributed by atoms with E-state index in [9.17, 15) is 8.42 Å². The number of rotatable bonds is 11. The lowest BCUT2D eigenvalue weighted by molar-refractivity contribution is 0.266. The molecule has 0 amide bonds. The molecule has 0 aliphatic carbocycles.